The lowest BCUT2D eigenvalue weighted by molar-refractivity contribution is 0.122. The third kappa shape index (κ3) is 2.68. The number of nitrogens with zero attached hydrogens (tertiary/aromatic N) is 4. The van der Waals surface area contributed by atoms with Gasteiger partial charge in [0.15, 0.2) is 0 Å². The first-order valence-corrected chi connectivity index (χ1v) is 8.74. The molecule has 4 heterocycles. The molecule has 0 radical (unpaired) electrons. The van der Waals surface area contributed by atoms with Crippen LogP contribution in [0.3, 0.4) is 0 Å². The summed E-state index contributed by atoms with van der Waals surface area (Å²) in [5, 5.41) is 0. The van der Waals surface area contributed by atoms with Gasteiger partial charge in [-0.1, -0.05) is 12.1 Å². The second-order valence-electron chi connectivity index (χ2n) is 6.41. The van der Waals surface area contributed by atoms with E-state index in [1.807, 2.05) is 12.1 Å². The molecule has 130 valence electrons. The fourth-order valence-electron chi connectivity index (χ4n) is 3.45. The predicted octanol–water partition coefficient (Wildman–Crippen LogP) is 2.92. The van der Waals surface area contributed by atoms with Crippen LogP contribution in [-0.4, -0.2) is 42.0 Å². The van der Waals surface area contributed by atoms with Crippen LogP contribution in [0.1, 0.15) is 16.8 Å². The molecule has 5 rings (SSSR count). The molecule has 0 atom stereocenters. The smallest absolute Gasteiger partial charge is 0.132 e. The van der Waals surface area contributed by atoms with Gasteiger partial charge in [-0.3, -0.25) is 4.99 Å². The Morgan fingerprint density at radius 1 is 0.962 bits per heavy atom. The van der Waals surface area contributed by atoms with E-state index in [9.17, 15) is 0 Å². The number of hydrogen-bond acceptors (Lipinski definition) is 6. The molecule has 1 aromatic carbocycles. The van der Waals surface area contributed by atoms with Crippen LogP contribution in [0.25, 0.3) is 11.1 Å². The summed E-state index contributed by atoms with van der Waals surface area (Å²) >= 11 is 0. The van der Waals surface area contributed by atoms with Crippen molar-refractivity contribution < 1.29 is 9.15 Å². The molecule has 6 nitrogen and oxygen atoms in total. The van der Waals surface area contributed by atoms with Gasteiger partial charge in [0, 0.05) is 30.3 Å². The first kappa shape index (κ1) is 15.3. The SMILES string of the molecule is c1nc(C2=NCc3ccc(-c4ccoc4)cc32)cc(N2CCOCC2)n1. The molecule has 0 N–H and O–H groups in total. The van der Waals surface area contributed by atoms with Crippen molar-refractivity contribution >= 4 is 11.5 Å². The summed E-state index contributed by atoms with van der Waals surface area (Å²) in [7, 11) is 0. The van der Waals surface area contributed by atoms with Gasteiger partial charge in [-0.05, 0) is 23.3 Å². The minimum atomic E-state index is 0.688. The number of furan rings is 1. The molecular formula is C20H18N4O2. The fourth-order valence-corrected chi connectivity index (χ4v) is 3.45. The molecule has 0 saturated carbocycles. The number of benzene rings is 1. The van der Waals surface area contributed by atoms with Crippen molar-refractivity contribution in [3.8, 4) is 11.1 Å². The van der Waals surface area contributed by atoms with E-state index in [4.69, 9.17) is 14.1 Å². The van der Waals surface area contributed by atoms with Crippen LogP contribution in [0.15, 0.2) is 58.6 Å². The molecular weight excluding hydrogens is 328 g/mol. The highest BCUT2D eigenvalue weighted by molar-refractivity contribution is 6.14. The average Bonchev–Trinajstić information content (AvgIpc) is 3.38. The van der Waals surface area contributed by atoms with Crippen molar-refractivity contribution in [3.05, 3.63) is 66.0 Å². The van der Waals surface area contributed by atoms with Crippen molar-refractivity contribution in [3.63, 3.8) is 0 Å². The fraction of sp³-hybridized carbons (Fsp3) is 0.250. The van der Waals surface area contributed by atoms with Crippen molar-refractivity contribution in [1.29, 1.82) is 0 Å². The molecule has 3 aromatic rings. The summed E-state index contributed by atoms with van der Waals surface area (Å²) < 4.78 is 10.6. The van der Waals surface area contributed by atoms with Gasteiger partial charge in [-0.25, -0.2) is 9.97 Å². The first-order valence-electron chi connectivity index (χ1n) is 8.74. The summed E-state index contributed by atoms with van der Waals surface area (Å²) in [5.41, 5.74) is 6.34. The van der Waals surface area contributed by atoms with E-state index in [0.717, 1.165) is 60.2 Å². The molecule has 6 heteroatoms. The third-order valence-electron chi connectivity index (χ3n) is 4.86. The predicted molar refractivity (Wildman–Crippen MR) is 98.6 cm³/mol. The van der Waals surface area contributed by atoms with E-state index < -0.39 is 0 Å². The minimum absolute atomic E-state index is 0.688. The molecule has 26 heavy (non-hydrogen) atoms. The minimum Gasteiger partial charge on any atom is -0.472 e. The maximum absolute atomic E-state index is 5.43. The standard InChI is InChI=1S/C20H18N4O2/c1-2-15-11-21-20(17(15)9-14(1)16-3-6-26-12-16)18-10-19(23-13-22-18)24-4-7-25-8-5-24/h1-3,6,9-10,12-13H,4-5,7-8,11H2. The zero-order chi connectivity index (χ0) is 17.3. The van der Waals surface area contributed by atoms with Gasteiger partial charge in [0.1, 0.15) is 12.1 Å². The van der Waals surface area contributed by atoms with E-state index in [0.29, 0.717) is 6.54 Å². The molecule has 2 aliphatic rings. The van der Waals surface area contributed by atoms with Crippen LogP contribution in [0.5, 0.6) is 0 Å². The number of rotatable bonds is 3. The highest BCUT2D eigenvalue weighted by Gasteiger charge is 2.21. The number of aliphatic imine (C=N–C) groups is 1. The van der Waals surface area contributed by atoms with E-state index in [1.54, 1.807) is 18.9 Å². The summed E-state index contributed by atoms with van der Waals surface area (Å²) in [6, 6.07) is 10.4. The Hall–Kier alpha value is -2.99. The zero-order valence-electron chi connectivity index (χ0n) is 14.3. The van der Waals surface area contributed by atoms with Crippen LogP contribution in [-0.2, 0) is 11.3 Å². The van der Waals surface area contributed by atoms with Crippen LogP contribution < -0.4 is 4.90 Å². The van der Waals surface area contributed by atoms with Gasteiger partial charge >= 0.3 is 0 Å². The third-order valence-corrected chi connectivity index (χ3v) is 4.86. The molecule has 0 aliphatic carbocycles. The lowest BCUT2D eigenvalue weighted by Gasteiger charge is -2.27. The molecule has 2 aliphatic heterocycles. The molecule has 0 unspecified atom stereocenters. The zero-order valence-corrected chi connectivity index (χ0v) is 14.3. The number of fused-ring (bicyclic) bond motifs is 1. The molecule has 1 saturated heterocycles. The number of anilines is 1. The van der Waals surface area contributed by atoms with E-state index in [-0.39, 0.29) is 0 Å². The van der Waals surface area contributed by atoms with Gasteiger partial charge in [0.2, 0.25) is 0 Å². The van der Waals surface area contributed by atoms with E-state index >= 15 is 0 Å². The molecule has 1 fully saturated rings. The summed E-state index contributed by atoms with van der Waals surface area (Å²) in [4.78, 5) is 15.9. The lowest BCUT2D eigenvalue weighted by Crippen LogP contribution is -2.36. The van der Waals surface area contributed by atoms with Gasteiger partial charge in [-0.2, -0.15) is 0 Å². The van der Waals surface area contributed by atoms with Gasteiger partial charge in [0.05, 0.1) is 43.7 Å². The summed E-state index contributed by atoms with van der Waals surface area (Å²) in [5.74, 6) is 0.931. The highest BCUT2D eigenvalue weighted by atomic mass is 16.5. The molecule has 2 aromatic heterocycles. The largest absolute Gasteiger partial charge is 0.472 e. The van der Waals surface area contributed by atoms with Gasteiger partial charge in [-0.15, -0.1) is 0 Å². The number of aromatic nitrogens is 2. The molecule has 0 amide bonds. The van der Waals surface area contributed by atoms with Crippen LogP contribution in [0.4, 0.5) is 5.82 Å². The Balaban J connectivity index is 1.50. The number of ether oxygens (including phenoxy) is 1. The summed E-state index contributed by atoms with van der Waals surface area (Å²) in [6.07, 6.45) is 5.08. The number of morpholine rings is 1. The second kappa shape index (κ2) is 6.38. The van der Waals surface area contributed by atoms with Crippen molar-refractivity contribution in [2.45, 2.75) is 6.54 Å². The average molecular weight is 346 g/mol. The van der Waals surface area contributed by atoms with Gasteiger partial charge < -0.3 is 14.1 Å². The lowest BCUT2D eigenvalue weighted by atomic mass is 9.98. The second-order valence-corrected chi connectivity index (χ2v) is 6.41. The van der Waals surface area contributed by atoms with Gasteiger partial charge in [0.25, 0.3) is 0 Å². The normalized spacial score (nSPS) is 16.5. The quantitative estimate of drug-likeness (QED) is 0.730. The monoisotopic (exact) mass is 346 g/mol. The Bertz CT molecular complexity index is 960. The maximum atomic E-state index is 5.43. The molecule has 0 bridgehead atoms. The Labute approximate surface area is 151 Å². The van der Waals surface area contributed by atoms with Crippen LogP contribution in [0.2, 0.25) is 0 Å². The van der Waals surface area contributed by atoms with Crippen LogP contribution in [0, 0.1) is 0 Å². The topological polar surface area (TPSA) is 63.8 Å². The number of hydrogen-bond donors (Lipinski definition) is 0. The van der Waals surface area contributed by atoms with E-state index in [2.05, 4.69) is 33.1 Å². The summed E-state index contributed by atoms with van der Waals surface area (Å²) in [6.45, 7) is 3.86. The highest BCUT2D eigenvalue weighted by Crippen LogP contribution is 2.29. The molecule has 0 spiro atoms. The first-order chi connectivity index (χ1) is 12.9. The Morgan fingerprint density at radius 3 is 2.73 bits per heavy atom. The van der Waals surface area contributed by atoms with Crippen molar-refractivity contribution in [2.75, 3.05) is 31.2 Å². The van der Waals surface area contributed by atoms with Crippen molar-refractivity contribution in [2.24, 2.45) is 4.99 Å². The Kier molecular flexibility index (Phi) is 3.75. The van der Waals surface area contributed by atoms with Crippen molar-refractivity contribution in [1.82, 2.24) is 9.97 Å². The maximum Gasteiger partial charge on any atom is 0.132 e. The Morgan fingerprint density at radius 2 is 1.88 bits per heavy atom. The van der Waals surface area contributed by atoms with Crippen LogP contribution >= 0.6 is 0 Å². The van der Waals surface area contributed by atoms with E-state index in [1.165, 1.54) is 5.56 Å².